The Morgan fingerprint density at radius 3 is 2.70 bits per heavy atom. The van der Waals surface area contributed by atoms with E-state index in [2.05, 4.69) is 0 Å². The van der Waals surface area contributed by atoms with Gasteiger partial charge >= 0.3 is 4.87 Å². The lowest BCUT2D eigenvalue weighted by atomic mass is 10.2. The van der Waals surface area contributed by atoms with Gasteiger partial charge in [-0.3, -0.25) is 9.59 Å². The predicted octanol–water partition coefficient (Wildman–Crippen LogP) is 2.58. The van der Waals surface area contributed by atoms with Gasteiger partial charge in [0.25, 0.3) is 0 Å². The molecule has 5 nitrogen and oxygen atoms in total. The lowest BCUT2D eigenvalue weighted by Crippen LogP contribution is -2.28. The molecule has 1 heterocycles. The van der Waals surface area contributed by atoms with Crippen molar-refractivity contribution in [2.24, 2.45) is 0 Å². The molecule has 6 heteroatoms. The molecule has 0 atom stereocenters. The van der Waals surface area contributed by atoms with Crippen LogP contribution < -0.4 is 9.61 Å². The number of aryl methyl sites for hydroxylation is 1. The maximum Gasteiger partial charge on any atom is 0.307 e. The van der Waals surface area contributed by atoms with Crippen molar-refractivity contribution >= 4 is 17.2 Å². The molecular formula is C17H22N2O3S. The Labute approximate surface area is 140 Å². The lowest BCUT2D eigenvalue weighted by molar-refractivity contribution is -0.130. The highest BCUT2D eigenvalue weighted by Gasteiger charge is 2.13. The molecule has 1 aromatic heterocycles. The Hall–Kier alpha value is -2.08. The van der Waals surface area contributed by atoms with Crippen LogP contribution in [0.4, 0.5) is 0 Å². The van der Waals surface area contributed by atoms with Crippen LogP contribution >= 0.6 is 11.3 Å². The smallest absolute Gasteiger partial charge is 0.307 e. The third-order valence-electron chi connectivity index (χ3n) is 3.90. The predicted molar refractivity (Wildman–Crippen MR) is 92.1 cm³/mol. The number of thiazole rings is 1. The van der Waals surface area contributed by atoms with Crippen LogP contribution in [0.2, 0.25) is 0 Å². The van der Waals surface area contributed by atoms with Crippen LogP contribution in [0.25, 0.3) is 0 Å². The maximum absolute atomic E-state index is 12.3. The van der Waals surface area contributed by atoms with Crippen molar-refractivity contribution in [1.29, 1.82) is 0 Å². The number of benzene rings is 1. The van der Waals surface area contributed by atoms with E-state index in [1.54, 1.807) is 23.6 Å². The molecule has 0 saturated heterocycles. The second-order valence-corrected chi connectivity index (χ2v) is 6.68. The van der Waals surface area contributed by atoms with E-state index >= 15 is 0 Å². The van der Waals surface area contributed by atoms with Crippen molar-refractivity contribution in [3.8, 4) is 5.75 Å². The van der Waals surface area contributed by atoms with E-state index in [0.29, 0.717) is 19.5 Å². The highest BCUT2D eigenvalue weighted by Crippen LogP contribution is 2.14. The third kappa shape index (κ3) is 4.22. The molecule has 1 aromatic carbocycles. The number of aromatic nitrogens is 1. The van der Waals surface area contributed by atoms with Gasteiger partial charge in [-0.25, -0.2) is 0 Å². The van der Waals surface area contributed by atoms with Crippen LogP contribution in [-0.2, 0) is 17.9 Å². The van der Waals surface area contributed by atoms with E-state index in [1.165, 1.54) is 11.3 Å². The summed E-state index contributed by atoms with van der Waals surface area (Å²) in [7, 11) is 3.40. The average molecular weight is 334 g/mol. The monoisotopic (exact) mass is 334 g/mol. The number of nitrogens with zero attached hydrogens (tertiary/aromatic N) is 2. The number of carbonyl (C=O) groups excluding carboxylic acids is 1. The molecule has 0 spiro atoms. The minimum absolute atomic E-state index is 0.00301. The minimum Gasteiger partial charge on any atom is -0.497 e. The zero-order valence-electron chi connectivity index (χ0n) is 14.0. The van der Waals surface area contributed by atoms with Gasteiger partial charge in [0.05, 0.1) is 7.11 Å². The molecule has 0 fully saturated rings. The zero-order chi connectivity index (χ0) is 17.0. The fourth-order valence-corrected chi connectivity index (χ4v) is 3.24. The Morgan fingerprint density at radius 1 is 1.35 bits per heavy atom. The topological polar surface area (TPSA) is 51.5 Å². The standard InChI is InChI=1S/C17H22N2O3S/c1-12-13(2)23-17(21)19(12)9-8-16(20)18(3)11-14-6-5-7-15(10-14)22-4/h5-7,10H,8-9,11H2,1-4H3. The van der Waals surface area contributed by atoms with Crippen LogP contribution in [0.5, 0.6) is 5.75 Å². The Bertz CT molecular complexity index is 749. The highest BCUT2D eigenvalue weighted by atomic mass is 32.1. The highest BCUT2D eigenvalue weighted by molar-refractivity contribution is 7.09. The number of ether oxygens (including phenoxy) is 1. The summed E-state index contributed by atoms with van der Waals surface area (Å²) in [6.07, 6.45) is 0.317. The Morgan fingerprint density at radius 2 is 2.09 bits per heavy atom. The van der Waals surface area contributed by atoms with Crippen molar-refractivity contribution in [3.63, 3.8) is 0 Å². The molecule has 23 heavy (non-hydrogen) atoms. The summed E-state index contributed by atoms with van der Waals surface area (Å²) < 4.78 is 6.87. The summed E-state index contributed by atoms with van der Waals surface area (Å²) in [6.45, 7) is 4.79. The fourth-order valence-electron chi connectivity index (χ4n) is 2.38. The van der Waals surface area contributed by atoms with Crippen LogP contribution in [0.1, 0.15) is 22.6 Å². The van der Waals surface area contributed by atoms with E-state index in [1.807, 2.05) is 38.1 Å². The molecule has 0 saturated carbocycles. The van der Waals surface area contributed by atoms with E-state index in [0.717, 1.165) is 21.9 Å². The molecule has 0 aliphatic heterocycles. The first-order chi connectivity index (χ1) is 10.9. The van der Waals surface area contributed by atoms with Crippen molar-refractivity contribution in [2.45, 2.75) is 33.4 Å². The van der Waals surface area contributed by atoms with E-state index in [4.69, 9.17) is 4.74 Å². The Balaban J connectivity index is 1.96. The van der Waals surface area contributed by atoms with Crippen molar-refractivity contribution < 1.29 is 9.53 Å². The largest absolute Gasteiger partial charge is 0.497 e. The number of rotatable bonds is 6. The molecular weight excluding hydrogens is 312 g/mol. The quantitative estimate of drug-likeness (QED) is 0.816. The maximum atomic E-state index is 12.3. The van der Waals surface area contributed by atoms with E-state index < -0.39 is 0 Å². The third-order valence-corrected chi connectivity index (χ3v) is 4.90. The summed E-state index contributed by atoms with van der Waals surface area (Å²) in [5, 5.41) is 0. The fraction of sp³-hybridized carbons (Fsp3) is 0.412. The van der Waals surface area contributed by atoms with Crippen molar-refractivity contribution in [1.82, 2.24) is 9.47 Å². The first-order valence-corrected chi connectivity index (χ1v) is 8.27. The Kier molecular flexibility index (Phi) is 5.60. The summed E-state index contributed by atoms with van der Waals surface area (Å²) in [5.41, 5.74) is 1.96. The number of carbonyl (C=O) groups is 1. The van der Waals surface area contributed by atoms with Gasteiger partial charge in [-0.2, -0.15) is 0 Å². The molecule has 0 unspecified atom stereocenters. The van der Waals surface area contributed by atoms with Crippen molar-refractivity contribution in [3.05, 3.63) is 50.1 Å². The molecule has 2 rings (SSSR count). The molecule has 0 bridgehead atoms. The van der Waals surface area contributed by atoms with Gasteiger partial charge in [0.15, 0.2) is 0 Å². The minimum atomic E-state index is 0.00301. The number of hydrogen-bond acceptors (Lipinski definition) is 4. The van der Waals surface area contributed by atoms with Crippen LogP contribution in [-0.4, -0.2) is 29.5 Å². The summed E-state index contributed by atoms with van der Waals surface area (Å²) >= 11 is 1.23. The molecule has 124 valence electrons. The number of methoxy groups -OCH3 is 1. The molecule has 0 N–H and O–H groups in total. The summed E-state index contributed by atoms with van der Waals surface area (Å²) in [6, 6.07) is 7.66. The van der Waals surface area contributed by atoms with Gasteiger partial charge in [0.2, 0.25) is 5.91 Å². The summed E-state index contributed by atoms with van der Waals surface area (Å²) in [5.74, 6) is 0.794. The SMILES string of the molecule is COc1cccc(CN(C)C(=O)CCn2c(C)c(C)sc2=O)c1. The second kappa shape index (κ2) is 7.46. The first-order valence-electron chi connectivity index (χ1n) is 7.46. The molecule has 2 aromatic rings. The molecule has 1 amide bonds. The average Bonchev–Trinajstić information content (AvgIpc) is 2.78. The molecule has 0 aliphatic carbocycles. The second-order valence-electron chi connectivity index (χ2n) is 5.51. The normalized spacial score (nSPS) is 10.6. The van der Waals surface area contributed by atoms with Crippen LogP contribution in [0.3, 0.4) is 0 Å². The summed E-state index contributed by atoms with van der Waals surface area (Å²) in [4.78, 5) is 26.8. The van der Waals surface area contributed by atoms with Gasteiger partial charge in [-0.05, 0) is 31.5 Å². The number of amides is 1. The van der Waals surface area contributed by atoms with Crippen LogP contribution in [0.15, 0.2) is 29.1 Å². The molecule has 0 radical (unpaired) electrons. The van der Waals surface area contributed by atoms with E-state index in [9.17, 15) is 9.59 Å². The van der Waals surface area contributed by atoms with Gasteiger partial charge in [-0.15, -0.1) is 0 Å². The van der Waals surface area contributed by atoms with Crippen LogP contribution in [0, 0.1) is 13.8 Å². The van der Waals surface area contributed by atoms with Gasteiger partial charge in [0.1, 0.15) is 5.75 Å². The number of hydrogen-bond donors (Lipinski definition) is 0. The first kappa shape index (κ1) is 17.3. The van der Waals surface area contributed by atoms with Gasteiger partial charge < -0.3 is 14.2 Å². The molecule has 0 aliphatic rings. The van der Waals surface area contributed by atoms with Crippen molar-refractivity contribution in [2.75, 3.05) is 14.2 Å². The lowest BCUT2D eigenvalue weighted by Gasteiger charge is -2.18. The van der Waals surface area contributed by atoms with Gasteiger partial charge in [0, 0.05) is 37.1 Å². The zero-order valence-corrected chi connectivity index (χ0v) is 14.8. The van der Waals surface area contributed by atoms with Gasteiger partial charge in [-0.1, -0.05) is 23.5 Å². The van der Waals surface area contributed by atoms with E-state index in [-0.39, 0.29) is 10.8 Å².